The number of thioether (sulfide) groups is 4. The van der Waals surface area contributed by atoms with Gasteiger partial charge in [-0.25, -0.2) is 0 Å². The van der Waals surface area contributed by atoms with Gasteiger partial charge in [0.2, 0.25) is 0 Å². The second kappa shape index (κ2) is 7.87. The molecule has 0 atom stereocenters. The van der Waals surface area contributed by atoms with Crippen LogP contribution in [-0.2, 0) is 0 Å². The Bertz CT molecular complexity index is 393. The van der Waals surface area contributed by atoms with Gasteiger partial charge in [0.15, 0.2) is 0 Å². The van der Waals surface area contributed by atoms with Gasteiger partial charge in [0, 0.05) is 19.6 Å². The maximum atomic E-state index is 2.18. The molecule has 0 nitrogen and oxygen atoms in total. The van der Waals surface area contributed by atoms with Crippen molar-refractivity contribution in [3.63, 3.8) is 0 Å². The third-order valence-corrected chi connectivity index (χ3v) is 12.5. The van der Waals surface area contributed by atoms with Crippen LogP contribution < -0.4 is 0 Å². The van der Waals surface area contributed by atoms with Gasteiger partial charge >= 0.3 is 0 Å². The molecule has 0 aromatic carbocycles. The van der Waals surface area contributed by atoms with Gasteiger partial charge in [-0.15, -0.1) is 47.0 Å². The standard InChI is InChI=1S/C10H12S8/c1-11-7-5(15-17-9(7)13-3)6-8(12-2)10(14-4)18-16-6/h1-4H3. The molecule has 2 aliphatic rings. The van der Waals surface area contributed by atoms with E-state index in [1.54, 1.807) is 0 Å². The lowest BCUT2D eigenvalue weighted by atomic mass is 10.4. The minimum Gasteiger partial charge on any atom is -0.127 e. The number of hydrogen-bond acceptors (Lipinski definition) is 8. The lowest BCUT2D eigenvalue weighted by molar-refractivity contribution is 1.78. The quantitative estimate of drug-likeness (QED) is 0.477. The summed E-state index contributed by atoms with van der Waals surface area (Å²) in [6, 6.07) is 0. The predicted molar refractivity (Wildman–Crippen MR) is 106 cm³/mol. The Hall–Kier alpha value is 2.02. The van der Waals surface area contributed by atoms with Crippen LogP contribution >= 0.6 is 90.2 Å². The van der Waals surface area contributed by atoms with Crippen molar-refractivity contribution in [2.45, 2.75) is 0 Å². The van der Waals surface area contributed by atoms with Crippen LogP contribution in [0.3, 0.4) is 0 Å². The van der Waals surface area contributed by atoms with E-state index >= 15 is 0 Å². The van der Waals surface area contributed by atoms with Crippen LogP contribution in [0.5, 0.6) is 0 Å². The second-order valence-corrected chi connectivity index (χ2v) is 11.1. The van der Waals surface area contributed by atoms with E-state index in [4.69, 9.17) is 0 Å². The molecular weight excluding hydrogens is 377 g/mol. The third kappa shape index (κ3) is 3.26. The molecular formula is C10H12S8. The van der Waals surface area contributed by atoms with Crippen LogP contribution in [0.15, 0.2) is 28.1 Å². The van der Waals surface area contributed by atoms with Crippen LogP contribution in [0, 0.1) is 0 Å². The highest BCUT2D eigenvalue weighted by Crippen LogP contribution is 2.64. The lowest BCUT2D eigenvalue weighted by Gasteiger charge is -2.07. The summed E-state index contributed by atoms with van der Waals surface area (Å²) in [7, 11) is 7.67. The molecule has 0 aliphatic carbocycles. The first-order chi connectivity index (χ1) is 8.76. The fourth-order valence-corrected chi connectivity index (χ4v) is 13.2. The van der Waals surface area contributed by atoms with E-state index in [0.717, 1.165) is 0 Å². The average Bonchev–Trinajstić information content (AvgIpc) is 3.00. The molecule has 0 spiro atoms. The van der Waals surface area contributed by atoms with E-state index < -0.39 is 0 Å². The lowest BCUT2D eigenvalue weighted by Crippen LogP contribution is -1.84. The first-order valence-corrected chi connectivity index (χ1v) is 14.0. The van der Waals surface area contributed by atoms with Gasteiger partial charge in [-0.1, -0.05) is 0 Å². The molecule has 2 aliphatic heterocycles. The molecule has 0 unspecified atom stereocenters. The second-order valence-electron chi connectivity index (χ2n) is 3.04. The molecule has 18 heavy (non-hydrogen) atoms. The molecule has 0 saturated heterocycles. The van der Waals surface area contributed by atoms with Crippen molar-refractivity contribution in [2.24, 2.45) is 0 Å². The molecule has 0 aromatic rings. The molecule has 8 heteroatoms. The molecule has 0 bridgehead atoms. The summed E-state index contributed by atoms with van der Waals surface area (Å²) in [5.74, 6) is 0. The van der Waals surface area contributed by atoms with Crippen molar-refractivity contribution in [1.29, 1.82) is 0 Å². The Morgan fingerprint density at radius 1 is 0.556 bits per heavy atom. The number of rotatable bonds is 4. The fraction of sp³-hybridized carbons (Fsp3) is 0.400. The fourth-order valence-electron chi connectivity index (χ4n) is 1.38. The summed E-state index contributed by atoms with van der Waals surface area (Å²) in [5, 5.41) is 0. The summed E-state index contributed by atoms with van der Waals surface area (Å²) in [6.45, 7) is 0. The average molecular weight is 389 g/mol. The largest absolute Gasteiger partial charge is 0.127 e. The van der Waals surface area contributed by atoms with Gasteiger partial charge in [0.25, 0.3) is 0 Å². The highest BCUT2D eigenvalue weighted by molar-refractivity contribution is 8.84. The molecule has 0 amide bonds. The molecule has 0 N–H and O–H groups in total. The Labute approximate surface area is 142 Å². The topological polar surface area (TPSA) is 0 Å². The van der Waals surface area contributed by atoms with Crippen molar-refractivity contribution in [3.8, 4) is 0 Å². The summed E-state index contributed by atoms with van der Waals surface area (Å²) in [5.41, 5.74) is 0. The van der Waals surface area contributed by atoms with Crippen LogP contribution in [0.1, 0.15) is 0 Å². The van der Waals surface area contributed by atoms with Crippen LogP contribution in [-0.4, -0.2) is 25.0 Å². The molecule has 2 rings (SSSR count). The zero-order chi connectivity index (χ0) is 13.1. The van der Waals surface area contributed by atoms with Crippen molar-refractivity contribution in [1.82, 2.24) is 0 Å². The molecule has 0 radical (unpaired) electrons. The number of hydrogen-bond donors (Lipinski definition) is 0. The minimum atomic E-state index is 1.46. The first kappa shape index (κ1) is 16.4. The van der Waals surface area contributed by atoms with Gasteiger partial charge in [0.05, 0.1) is 8.47 Å². The molecule has 2 heterocycles. The van der Waals surface area contributed by atoms with E-state index in [0.29, 0.717) is 0 Å². The van der Waals surface area contributed by atoms with Crippen molar-refractivity contribution in [2.75, 3.05) is 25.0 Å². The SMILES string of the molecule is CSC1=C(SC)C(=C2SSC(SC)=C2SC)SS1. The van der Waals surface area contributed by atoms with Crippen molar-refractivity contribution < 1.29 is 0 Å². The molecule has 0 aromatic heterocycles. The van der Waals surface area contributed by atoms with E-state index in [2.05, 4.69) is 25.0 Å². The zero-order valence-electron chi connectivity index (χ0n) is 10.3. The maximum absolute atomic E-state index is 2.18. The first-order valence-electron chi connectivity index (χ1n) is 4.85. The predicted octanol–water partition coefficient (Wildman–Crippen LogP) is 6.78. The summed E-state index contributed by atoms with van der Waals surface area (Å²) >= 11 is 7.49. The molecule has 100 valence electrons. The van der Waals surface area contributed by atoms with Crippen LogP contribution in [0.25, 0.3) is 0 Å². The summed E-state index contributed by atoms with van der Waals surface area (Å²) in [4.78, 5) is 5.88. The Morgan fingerprint density at radius 3 is 1.22 bits per heavy atom. The maximum Gasteiger partial charge on any atom is 0.0659 e. The zero-order valence-corrected chi connectivity index (χ0v) is 16.8. The molecule has 0 fully saturated rings. The highest BCUT2D eigenvalue weighted by Gasteiger charge is 2.30. The summed E-state index contributed by atoms with van der Waals surface area (Å²) < 4.78 is 2.91. The Morgan fingerprint density at radius 2 is 0.944 bits per heavy atom. The van der Waals surface area contributed by atoms with E-state index in [1.165, 1.54) is 28.1 Å². The van der Waals surface area contributed by atoms with Gasteiger partial charge in [0.1, 0.15) is 0 Å². The van der Waals surface area contributed by atoms with Crippen LogP contribution in [0.2, 0.25) is 0 Å². The monoisotopic (exact) mass is 388 g/mol. The third-order valence-electron chi connectivity index (χ3n) is 2.17. The normalized spacial score (nSPS) is 24.7. The Kier molecular flexibility index (Phi) is 7.16. The molecule has 0 saturated carbocycles. The van der Waals surface area contributed by atoms with E-state index in [-0.39, 0.29) is 0 Å². The van der Waals surface area contributed by atoms with Gasteiger partial charge in [-0.3, -0.25) is 0 Å². The minimum absolute atomic E-state index is 1.46. The smallest absolute Gasteiger partial charge is 0.0659 e. The highest BCUT2D eigenvalue weighted by atomic mass is 33.1. The van der Waals surface area contributed by atoms with Crippen molar-refractivity contribution in [3.05, 3.63) is 28.1 Å². The van der Waals surface area contributed by atoms with Gasteiger partial charge in [-0.2, -0.15) is 0 Å². The van der Waals surface area contributed by atoms with E-state index in [1.807, 2.05) is 90.2 Å². The Balaban J connectivity index is 2.44. The summed E-state index contributed by atoms with van der Waals surface area (Å²) in [6.07, 6.45) is 8.70. The van der Waals surface area contributed by atoms with Gasteiger partial charge < -0.3 is 0 Å². The van der Waals surface area contributed by atoms with Crippen LogP contribution in [0.4, 0.5) is 0 Å². The van der Waals surface area contributed by atoms with Gasteiger partial charge in [-0.05, 0) is 68.2 Å². The van der Waals surface area contributed by atoms with E-state index in [9.17, 15) is 0 Å². The van der Waals surface area contributed by atoms with Crippen molar-refractivity contribution >= 4 is 90.2 Å².